The van der Waals surface area contributed by atoms with Crippen molar-refractivity contribution >= 4 is 23.6 Å². The summed E-state index contributed by atoms with van der Waals surface area (Å²) >= 11 is 1.96. The summed E-state index contributed by atoms with van der Waals surface area (Å²) in [6.45, 7) is 3.25. The molecule has 1 amide bonds. The Hall–Kier alpha value is -1.69. The Morgan fingerprint density at radius 2 is 2.00 bits per heavy atom. The SMILES string of the molecule is CCNC(=O)c1ccc(CNC(=NC)NC2CCC(SC)C2)cc1. The van der Waals surface area contributed by atoms with Gasteiger partial charge in [-0.25, -0.2) is 0 Å². The van der Waals surface area contributed by atoms with Crippen LogP contribution in [-0.2, 0) is 6.54 Å². The van der Waals surface area contributed by atoms with Crippen LogP contribution in [0, 0.1) is 0 Å². The highest BCUT2D eigenvalue weighted by Crippen LogP contribution is 2.27. The maximum Gasteiger partial charge on any atom is 0.251 e. The standard InChI is InChI=1S/C18H28N4OS/c1-4-20-17(23)14-7-5-13(6-8-14)12-21-18(19-2)22-15-9-10-16(11-15)24-3/h5-8,15-16H,4,9-12H2,1-3H3,(H,20,23)(H2,19,21,22). The Balaban J connectivity index is 1.82. The van der Waals surface area contributed by atoms with Crippen molar-refractivity contribution in [2.75, 3.05) is 19.8 Å². The van der Waals surface area contributed by atoms with Gasteiger partial charge in [0.2, 0.25) is 0 Å². The minimum Gasteiger partial charge on any atom is -0.354 e. The summed E-state index contributed by atoms with van der Waals surface area (Å²) in [5, 5.41) is 10.4. The molecule has 2 rings (SSSR count). The van der Waals surface area contributed by atoms with Crippen LogP contribution in [0.1, 0.15) is 42.1 Å². The van der Waals surface area contributed by atoms with Gasteiger partial charge in [-0.05, 0) is 50.1 Å². The molecule has 1 aromatic rings. The molecule has 0 bridgehead atoms. The third kappa shape index (κ3) is 5.44. The fourth-order valence-electron chi connectivity index (χ4n) is 2.90. The van der Waals surface area contributed by atoms with Crippen molar-refractivity contribution in [3.63, 3.8) is 0 Å². The number of nitrogens with zero attached hydrogens (tertiary/aromatic N) is 1. The summed E-state index contributed by atoms with van der Waals surface area (Å²) in [5.41, 5.74) is 1.82. The first-order valence-corrected chi connectivity index (χ1v) is 9.82. The van der Waals surface area contributed by atoms with Crippen LogP contribution in [0.25, 0.3) is 0 Å². The molecule has 2 unspecified atom stereocenters. The average molecular weight is 349 g/mol. The molecule has 0 spiro atoms. The largest absolute Gasteiger partial charge is 0.354 e. The van der Waals surface area contributed by atoms with Crippen molar-refractivity contribution in [1.82, 2.24) is 16.0 Å². The van der Waals surface area contributed by atoms with Crippen molar-refractivity contribution in [1.29, 1.82) is 0 Å². The van der Waals surface area contributed by atoms with E-state index in [9.17, 15) is 4.79 Å². The van der Waals surface area contributed by atoms with Crippen LogP contribution >= 0.6 is 11.8 Å². The number of nitrogens with one attached hydrogen (secondary N) is 3. The third-order valence-electron chi connectivity index (χ3n) is 4.30. The van der Waals surface area contributed by atoms with Gasteiger partial charge in [-0.15, -0.1) is 0 Å². The molecule has 0 heterocycles. The predicted octanol–water partition coefficient (Wildman–Crippen LogP) is 2.39. The molecule has 5 nitrogen and oxygen atoms in total. The molecular weight excluding hydrogens is 320 g/mol. The van der Waals surface area contributed by atoms with Crippen LogP contribution in [-0.4, -0.2) is 43.0 Å². The van der Waals surface area contributed by atoms with Gasteiger partial charge in [-0.2, -0.15) is 11.8 Å². The molecule has 1 saturated carbocycles. The second kappa shape index (κ2) is 9.57. The second-order valence-corrected chi connectivity index (χ2v) is 7.13. The molecule has 2 atom stereocenters. The van der Waals surface area contributed by atoms with Crippen LogP contribution < -0.4 is 16.0 Å². The number of hydrogen-bond donors (Lipinski definition) is 3. The molecule has 3 N–H and O–H groups in total. The van der Waals surface area contributed by atoms with Gasteiger partial charge >= 0.3 is 0 Å². The molecule has 0 aliphatic heterocycles. The zero-order valence-corrected chi connectivity index (χ0v) is 15.6. The van der Waals surface area contributed by atoms with Crippen LogP contribution in [0.2, 0.25) is 0 Å². The van der Waals surface area contributed by atoms with Gasteiger partial charge < -0.3 is 16.0 Å². The number of carbonyl (C=O) groups is 1. The van der Waals surface area contributed by atoms with E-state index in [1.165, 1.54) is 19.3 Å². The lowest BCUT2D eigenvalue weighted by Gasteiger charge is -2.17. The summed E-state index contributed by atoms with van der Waals surface area (Å²) in [6.07, 6.45) is 5.86. The molecule has 6 heteroatoms. The predicted molar refractivity (Wildman–Crippen MR) is 103 cm³/mol. The Bertz CT molecular complexity index is 559. The van der Waals surface area contributed by atoms with Gasteiger partial charge in [0.25, 0.3) is 5.91 Å². The van der Waals surface area contributed by atoms with E-state index >= 15 is 0 Å². The lowest BCUT2D eigenvalue weighted by Crippen LogP contribution is -2.42. The number of carbonyl (C=O) groups excluding carboxylic acids is 1. The van der Waals surface area contributed by atoms with E-state index in [0.717, 1.165) is 16.8 Å². The maximum absolute atomic E-state index is 11.8. The van der Waals surface area contributed by atoms with Crippen molar-refractivity contribution in [3.05, 3.63) is 35.4 Å². The van der Waals surface area contributed by atoms with Crippen LogP contribution in [0.15, 0.2) is 29.3 Å². The fraction of sp³-hybridized carbons (Fsp3) is 0.556. The Labute approximate surface area is 149 Å². The number of guanidine groups is 1. The van der Waals surface area contributed by atoms with Gasteiger partial charge in [0.15, 0.2) is 5.96 Å². The van der Waals surface area contributed by atoms with E-state index in [0.29, 0.717) is 24.7 Å². The summed E-state index contributed by atoms with van der Waals surface area (Å²) < 4.78 is 0. The number of aliphatic imine (C=N–C) groups is 1. The summed E-state index contributed by atoms with van der Waals surface area (Å²) in [4.78, 5) is 16.1. The maximum atomic E-state index is 11.8. The van der Waals surface area contributed by atoms with E-state index in [-0.39, 0.29) is 5.91 Å². The third-order valence-corrected chi connectivity index (χ3v) is 5.39. The van der Waals surface area contributed by atoms with Crippen molar-refractivity contribution in [2.45, 2.75) is 44.0 Å². The monoisotopic (exact) mass is 348 g/mol. The van der Waals surface area contributed by atoms with Crippen molar-refractivity contribution < 1.29 is 4.79 Å². The highest BCUT2D eigenvalue weighted by molar-refractivity contribution is 7.99. The molecular formula is C18H28N4OS. The van der Waals surface area contributed by atoms with Gasteiger partial charge in [-0.1, -0.05) is 12.1 Å². The van der Waals surface area contributed by atoms with E-state index in [2.05, 4.69) is 27.2 Å². The molecule has 132 valence electrons. The smallest absolute Gasteiger partial charge is 0.251 e. The zero-order chi connectivity index (χ0) is 17.4. The summed E-state index contributed by atoms with van der Waals surface area (Å²) in [6, 6.07) is 8.18. The first kappa shape index (κ1) is 18.6. The van der Waals surface area contributed by atoms with Gasteiger partial charge in [0, 0.05) is 37.0 Å². The molecule has 0 aromatic heterocycles. The van der Waals surface area contributed by atoms with Gasteiger partial charge in [-0.3, -0.25) is 9.79 Å². The van der Waals surface area contributed by atoms with Gasteiger partial charge in [0.1, 0.15) is 0 Å². The number of rotatable bonds is 6. The lowest BCUT2D eigenvalue weighted by molar-refractivity contribution is 0.0956. The number of hydrogen-bond acceptors (Lipinski definition) is 3. The van der Waals surface area contributed by atoms with Crippen LogP contribution in [0.4, 0.5) is 0 Å². The zero-order valence-electron chi connectivity index (χ0n) is 14.8. The topological polar surface area (TPSA) is 65.5 Å². The van der Waals surface area contributed by atoms with E-state index < -0.39 is 0 Å². The molecule has 1 aliphatic carbocycles. The summed E-state index contributed by atoms with van der Waals surface area (Å²) in [7, 11) is 1.80. The van der Waals surface area contributed by atoms with E-state index in [4.69, 9.17) is 0 Å². The highest BCUT2D eigenvalue weighted by atomic mass is 32.2. The Kier molecular flexibility index (Phi) is 7.43. The molecule has 1 aliphatic rings. The quantitative estimate of drug-likeness (QED) is 0.545. The minimum absolute atomic E-state index is 0.0286. The number of amides is 1. The molecule has 0 saturated heterocycles. The van der Waals surface area contributed by atoms with Crippen LogP contribution in [0.3, 0.4) is 0 Å². The van der Waals surface area contributed by atoms with E-state index in [1.807, 2.05) is 43.0 Å². The van der Waals surface area contributed by atoms with Crippen molar-refractivity contribution in [3.8, 4) is 0 Å². The Morgan fingerprint density at radius 3 is 2.58 bits per heavy atom. The first-order chi connectivity index (χ1) is 11.7. The average Bonchev–Trinajstić information content (AvgIpc) is 3.07. The van der Waals surface area contributed by atoms with Gasteiger partial charge in [0.05, 0.1) is 0 Å². The lowest BCUT2D eigenvalue weighted by atomic mass is 10.1. The first-order valence-electron chi connectivity index (χ1n) is 8.53. The number of benzene rings is 1. The summed E-state index contributed by atoms with van der Waals surface area (Å²) in [5.74, 6) is 0.814. The molecule has 24 heavy (non-hydrogen) atoms. The molecule has 0 radical (unpaired) electrons. The highest BCUT2D eigenvalue weighted by Gasteiger charge is 2.24. The Morgan fingerprint density at radius 1 is 1.25 bits per heavy atom. The number of thioether (sulfide) groups is 1. The molecule has 1 fully saturated rings. The van der Waals surface area contributed by atoms with E-state index in [1.54, 1.807) is 7.05 Å². The van der Waals surface area contributed by atoms with Crippen LogP contribution in [0.5, 0.6) is 0 Å². The molecule has 1 aromatic carbocycles. The fourth-order valence-corrected chi connectivity index (χ4v) is 3.69. The second-order valence-electron chi connectivity index (χ2n) is 5.99. The van der Waals surface area contributed by atoms with Crippen molar-refractivity contribution in [2.24, 2.45) is 4.99 Å². The normalized spacial score (nSPS) is 20.7. The minimum atomic E-state index is -0.0286.